The van der Waals surface area contributed by atoms with Crippen molar-refractivity contribution in [1.82, 2.24) is 20.4 Å². The van der Waals surface area contributed by atoms with Crippen LogP contribution in [0.4, 0.5) is 4.79 Å². The third kappa shape index (κ3) is 5.11. The first kappa shape index (κ1) is 24.6. The Morgan fingerprint density at radius 2 is 1.74 bits per heavy atom. The van der Waals surface area contributed by atoms with Crippen molar-refractivity contribution in [3.63, 3.8) is 0 Å². The number of nitrogens with zero attached hydrogens (tertiary/aromatic N) is 2. The number of aliphatic hydroxyl groups is 1. The minimum absolute atomic E-state index is 0.0693. The smallest absolute Gasteiger partial charge is 0.327 e. The lowest BCUT2D eigenvalue weighted by Gasteiger charge is -2.51. The van der Waals surface area contributed by atoms with Crippen LogP contribution in [0.25, 0.3) is 10.8 Å². The first-order chi connectivity index (χ1) is 16.4. The van der Waals surface area contributed by atoms with Gasteiger partial charge in [0.15, 0.2) is 0 Å². The fourth-order valence-corrected chi connectivity index (χ4v) is 5.39. The highest BCUT2D eigenvalue weighted by molar-refractivity contribution is 6.00. The highest BCUT2D eigenvalue weighted by Crippen LogP contribution is 2.27. The van der Waals surface area contributed by atoms with Gasteiger partial charge in [-0.2, -0.15) is 0 Å². The first-order valence-electron chi connectivity index (χ1n) is 12.6. The van der Waals surface area contributed by atoms with Crippen LogP contribution in [0.3, 0.4) is 0 Å². The number of carbonyl (C=O) groups is 2. The lowest BCUT2D eigenvalue weighted by atomic mass is 9.88. The van der Waals surface area contributed by atoms with E-state index in [0.29, 0.717) is 12.5 Å². The van der Waals surface area contributed by atoms with E-state index in [1.807, 2.05) is 4.90 Å². The van der Waals surface area contributed by atoms with E-state index in [1.54, 1.807) is 7.05 Å². The molecular weight excluding hydrogens is 428 g/mol. The van der Waals surface area contributed by atoms with E-state index >= 15 is 0 Å². The average molecular weight is 467 g/mol. The number of hydrogen-bond donors (Lipinski definition) is 3. The Hall–Kier alpha value is -2.48. The molecule has 7 nitrogen and oxygen atoms in total. The molecular formula is C27H38N4O3. The van der Waals surface area contributed by atoms with Gasteiger partial charge in [-0.3, -0.25) is 20.3 Å². The second-order valence-electron chi connectivity index (χ2n) is 10.1. The Morgan fingerprint density at radius 1 is 0.971 bits per heavy atom. The van der Waals surface area contributed by atoms with E-state index in [9.17, 15) is 14.7 Å². The van der Waals surface area contributed by atoms with E-state index in [0.717, 1.165) is 32.1 Å². The molecule has 4 atom stereocenters. The minimum Gasteiger partial charge on any atom is -0.396 e. The number of fused-ring (bicyclic) bond motifs is 2. The van der Waals surface area contributed by atoms with Gasteiger partial charge in [-0.05, 0) is 41.5 Å². The molecule has 3 N–H and O–H groups in total. The van der Waals surface area contributed by atoms with E-state index < -0.39 is 6.04 Å². The summed E-state index contributed by atoms with van der Waals surface area (Å²) in [7, 11) is 1.58. The maximum absolute atomic E-state index is 13.1. The molecule has 2 saturated heterocycles. The highest BCUT2D eigenvalue weighted by Gasteiger charge is 2.49. The molecule has 2 aromatic carbocycles. The molecule has 0 aliphatic carbocycles. The van der Waals surface area contributed by atoms with Crippen molar-refractivity contribution in [2.45, 2.75) is 70.2 Å². The predicted molar refractivity (Wildman–Crippen MR) is 134 cm³/mol. The standard InChI is InChI=1S/C27H38N4O3/c1-18(2)17-31-25-24(26(33)30(3)27(31)34)28-22(14-5-4-8-15-32)23(29-25)16-20-12-9-11-19-10-6-7-13-21(19)20/h6-7,9-13,18,22-25,28-29,32H,4-5,8,14-17H2,1-3H3. The molecule has 0 saturated carbocycles. The normalized spacial score (nSPS) is 25.3. The van der Waals surface area contributed by atoms with Gasteiger partial charge in [-0.25, -0.2) is 4.79 Å². The summed E-state index contributed by atoms with van der Waals surface area (Å²) >= 11 is 0. The molecule has 0 radical (unpaired) electrons. The number of nitrogens with one attached hydrogen (secondary N) is 2. The third-order valence-corrected chi connectivity index (χ3v) is 7.10. The molecule has 184 valence electrons. The molecule has 0 bridgehead atoms. The zero-order chi connectivity index (χ0) is 24.2. The Morgan fingerprint density at radius 3 is 2.50 bits per heavy atom. The molecule has 34 heavy (non-hydrogen) atoms. The second-order valence-corrected chi connectivity index (χ2v) is 10.1. The average Bonchev–Trinajstić information content (AvgIpc) is 2.83. The van der Waals surface area contributed by atoms with Crippen molar-refractivity contribution in [3.05, 3.63) is 48.0 Å². The van der Waals surface area contributed by atoms with Gasteiger partial charge >= 0.3 is 6.03 Å². The molecule has 0 aromatic heterocycles. The van der Waals surface area contributed by atoms with Crippen molar-refractivity contribution in [1.29, 1.82) is 0 Å². The molecule has 2 aliphatic rings. The quantitative estimate of drug-likeness (QED) is 0.495. The molecule has 0 spiro atoms. The monoisotopic (exact) mass is 466 g/mol. The number of benzene rings is 2. The SMILES string of the molecule is CC(C)CN1C(=O)N(C)C(=O)C2NC(CCCCCO)C(Cc3cccc4ccccc34)NC21. The number of piperazine rings is 1. The van der Waals surface area contributed by atoms with E-state index in [1.165, 1.54) is 21.2 Å². The maximum atomic E-state index is 13.1. The molecule has 2 aromatic rings. The fourth-order valence-electron chi connectivity index (χ4n) is 5.39. The summed E-state index contributed by atoms with van der Waals surface area (Å²) in [6.07, 6.45) is 4.06. The zero-order valence-electron chi connectivity index (χ0n) is 20.5. The van der Waals surface area contributed by atoms with Gasteiger partial charge < -0.3 is 10.0 Å². The van der Waals surface area contributed by atoms with Crippen LogP contribution in [0.1, 0.15) is 45.1 Å². The topological polar surface area (TPSA) is 84.9 Å². The van der Waals surface area contributed by atoms with Crippen molar-refractivity contribution < 1.29 is 14.7 Å². The zero-order valence-corrected chi connectivity index (χ0v) is 20.5. The van der Waals surface area contributed by atoms with Crippen LogP contribution < -0.4 is 10.6 Å². The number of aliphatic hydroxyl groups excluding tert-OH is 1. The van der Waals surface area contributed by atoms with Crippen molar-refractivity contribution in [2.24, 2.45) is 5.92 Å². The largest absolute Gasteiger partial charge is 0.396 e. The van der Waals surface area contributed by atoms with Crippen LogP contribution in [-0.4, -0.2) is 71.3 Å². The molecule has 3 amide bonds. The van der Waals surface area contributed by atoms with Gasteiger partial charge in [0.25, 0.3) is 5.91 Å². The molecule has 4 unspecified atom stereocenters. The number of unbranched alkanes of at least 4 members (excludes halogenated alkanes) is 2. The third-order valence-electron chi connectivity index (χ3n) is 7.10. The van der Waals surface area contributed by atoms with Gasteiger partial charge in [-0.15, -0.1) is 0 Å². The number of likely N-dealkylation sites (N-methyl/N-ethyl adjacent to an activating group) is 1. The Balaban J connectivity index is 1.63. The molecule has 2 heterocycles. The second kappa shape index (κ2) is 10.8. The van der Waals surface area contributed by atoms with Crippen LogP contribution in [0.5, 0.6) is 0 Å². The minimum atomic E-state index is -0.465. The number of imide groups is 1. The van der Waals surface area contributed by atoms with Crippen molar-refractivity contribution in [2.75, 3.05) is 20.2 Å². The first-order valence-corrected chi connectivity index (χ1v) is 12.6. The Kier molecular flexibility index (Phi) is 7.86. The van der Waals surface area contributed by atoms with Gasteiger partial charge in [0, 0.05) is 32.3 Å². The predicted octanol–water partition coefficient (Wildman–Crippen LogP) is 3.11. The van der Waals surface area contributed by atoms with E-state index in [2.05, 4.69) is 66.9 Å². The van der Waals surface area contributed by atoms with E-state index in [-0.39, 0.29) is 36.8 Å². The van der Waals surface area contributed by atoms with Gasteiger partial charge in [0.1, 0.15) is 12.2 Å². The van der Waals surface area contributed by atoms with Crippen LogP contribution in [0, 0.1) is 5.92 Å². The van der Waals surface area contributed by atoms with Crippen LogP contribution in [-0.2, 0) is 11.2 Å². The van der Waals surface area contributed by atoms with Crippen LogP contribution in [0.2, 0.25) is 0 Å². The van der Waals surface area contributed by atoms with Gasteiger partial charge in [-0.1, -0.05) is 69.2 Å². The van der Waals surface area contributed by atoms with Gasteiger partial charge in [0.2, 0.25) is 0 Å². The summed E-state index contributed by atoms with van der Waals surface area (Å²) in [5, 5.41) is 19.0. The lowest BCUT2D eigenvalue weighted by molar-refractivity contribution is -0.137. The van der Waals surface area contributed by atoms with Gasteiger partial charge in [0.05, 0.1) is 0 Å². The van der Waals surface area contributed by atoms with Crippen molar-refractivity contribution >= 4 is 22.7 Å². The number of hydrogen-bond acceptors (Lipinski definition) is 5. The Labute approximate surface area is 202 Å². The summed E-state index contributed by atoms with van der Waals surface area (Å²) in [5.74, 6) is 0.118. The molecule has 2 fully saturated rings. The lowest BCUT2D eigenvalue weighted by Crippen LogP contribution is -2.78. The number of rotatable bonds is 9. The number of urea groups is 1. The summed E-state index contributed by atoms with van der Waals surface area (Å²) in [5.41, 5.74) is 1.26. The summed E-state index contributed by atoms with van der Waals surface area (Å²) in [6, 6.07) is 14.3. The fraction of sp³-hybridized carbons (Fsp3) is 0.556. The van der Waals surface area contributed by atoms with Crippen molar-refractivity contribution in [3.8, 4) is 0 Å². The summed E-state index contributed by atoms with van der Waals surface area (Å²) in [4.78, 5) is 29.2. The van der Waals surface area contributed by atoms with E-state index in [4.69, 9.17) is 0 Å². The maximum Gasteiger partial charge on any atom is 0.327 e. The van der Waals surface area contributed by atoms with Crippen LogP contribution in [0.15, 0.2) is 42.5 Å². The van der Waals surface area contributed by atoms with Crippen LogP contribution >= 0.6 is 0 Å². The molecule has 2 aliphatic heterocycles. The Bertz CT molecular complexity index is 1010. The number of carbonyl (C=O) groups excluding carboxylic acids is 2. The number of amides is 3. The molecule has 7 heteroatoms. The summed E-state index contributed by atoms with van der Waals surface area (Å²) in [6.45, 7) is 4.98. The highest BCUT2D eigenvalue weighted by atomic mass is 16.3. The summed E-state index contributed by atoms with van der Waals surface area (Å²) < 4.78 is 0. The molecule has 4 rings (SSSR count).